The van der Waals surface area contributed by atoms with Crippen molar-refractivity contribution in [3.63, 3.8) is 0 Å². The topological polar surface area (TPSA) is 30.2 Å². The lowest BCUT2D eigenvalue weighted by Gasteiger charge is -2.26. The van der Waals surface area contributed by atoms with Gasteiger partial charge in [-0.15, -0.1) is 11.8 Å². The van der Waals surface area contributed by atoms with Gasteiger partial charge < -0.3 is 4.42 Å². The van der Waals surface area contributed by atoms with Crippen molar-refractivity contribution in [2.45, 2.75) is 43.3 Å². The van der Waals surface area contributed by atoms with E-state index < -0.39 is 0 Å². The number of Topliss-reactive ketones (excluding diaryl/α,β-unsaturated/α-hetero) is 1. The number of carbonyl (C=O) groups excluding carboxylic acids is 1. The lowest BCUT2D eigenvalue weighted by molar-refractivity contribution is -0.120. The van der Waals surface area contributed by atoms with Crippen LogP contribution >= 0.6 is 11.8 Å². The quantitative estimate of drug-likeness (QED) is 0.771. The van der Waals surface area contributed by atoms with Crippen molar-refractivity contribution in [1.29, 1.82) is 0 Å². The first kappa shape index (κ1) is 10.8. The zero-order valence-corrected chi connectivity index (χ0v) is 9.97. The van der Waals surface area contributed by atoms with Crippen molar-refractivity contribution in [3.05, 3.63) is 18.1 Å². The van der Waals surface area contributed by atoms with Gasteiger partial charge in [-0.3, -0.25) is 4.79 Å². The van der Waals surface area contributed by atoms with Crippen molar-refractivity contribution in [2.24, 2.45) is 5.92 Å². The monoisotopic (exact) mass is 224 g/mol. The molecule has 1 aliphatic carbocycles. The summed E-state index contributed by atoms with van der Waals surface area (Å²) in [5.74, 6) is 2.00. The van der Waals surface area contributed by atoms with Crippen molar-refractivity contribution in [1.82, 2.24) is 0 Å². The molecule has 0 saturated heterocycles. The Morgan fingerprint density at radius 3 is 3.00 bits per heavy atom. The number of thioether (sulfide) groups is 1. The third-order valence-corrected chi connectivity index (χ3v) is 4.64. The summed E-state index contributed by atoms with van der Waals surface area (Å²) >= 11 is 1.80. The molecule has 0 bridgehead atoms. The molecule has 1 aliphatic rings. The average Bonchev–Trinajstić information content (AvgIpc) is 2.58. The van der Waals surface area contributed by atoms with Crippen molar-refractivity contribution >= 4 is 17.5 Å². The molecule has 0 aliphatic heterocycles. The first-order valence-electron chi connectivity index (χ1n) is 5.39. The zero-order valence-electron chi connectivity index (χ0n) is 9.16. The Bertz CT molecular complexity index is 356. The molecule has 0 amide bonds. The molecule has 0 N–H and O–H groups in total. The molecule has 2 unspecified atom stereocenters. The molecule has 0 aromatic carbocycles. The molecule has 1 saturated carbocycles. The van der Waals surface area contributed by atoms with Crippen LogP contribution in [0.3, 0.4) is 0 Å². The van der Waals surface area contributed by atoms with Gasteiger partial charge in [0, 0.05) is 23.0 Å². The number of rotatable bonds is 2. The molecule has 15 heavy (non-hydrogen) atoms. The highest BCUT2D eigenvalue weighted by atomic mass is 32.2. The van der Waals surface area contributed by atoms with Crippen LogP contribution < -0.4 is 0 Å². The number of hydrogen-bond acceptors (Lipinski definition) is 3. The van der Waals surface area contributed by atoms with Gasteiger partial charge >= 0.3 is 0 Å². The van der Waals surface area contributed by atoms with Crippen molar-refractivity contribution in [3.8, 4) is 0 Å². The molecule has 1 aromatic rings. The third-order valence-electron chi connectivity index (χ3n) is 3.03. The van der Waals surface area contributed by atoms with E-state index in [1.54, 1.807) is 18.0 Å². The van der Waals surface area contributed by atoms with Crippen LogP contribution in [0.4, 0.5) is 0 Å². The second-order valence-corrected chi connectivity index (χ2v) is 5.54. The van der Waals surface area contributed by atoms with Crippen molar-refractivity contribution < 1.29 is 9.21 Å². The van der Waals surface area contributed by atoms with Crippen LogP contribution in [-0.4, -0.2) is 11.0 Å². The van der Waals surface area contributed by atoms with Gasteiger partial charge in [0.25, 0.3) is 0 Å². The minimum absolute atomic E-state index is 0.409. The van der Waals surface area contributed by atoms with Gasteiger partial charge in [-0.05, 0) is 25.3 Å². The Morgan fingerprint density at radius 1 is 1.53 bits per heavy atom. The van der Waals surface area contributed by atoms with E-state index >= 15 is 0 Å². The second-order valence-electron chi connectivity index (χ2n) is 4.26. The molecule has 0 spiro atoms. The standard InChI is InChI=1S/C12H16O2S/c1-8-3-4-10(13)7-12(8)15-11-5-6-14-9(11)2/h5-6,8,12H,3-4,7H2,1-2H3. The molecule has 1 heterocycles. The van der Waals surface area contributed by atoms with E-state index in [1.807, 2.05) is 13.0 Å². The molecule has 82 valence electrons. The largest absolute Gasteiger partial charge is 0.468 e. The molecule has 2 nitrogen and oxygen atoms in total. The minimum atomic E-state index is 0.409. The molecular formula is C12H16O2S. The van der Waals surface area contributed by atoms with Gasteiger partial charge in [0.2, 0.25) is 0 Å². The van der Waals surface area contributed by atoms with Gasteiger partial charge in [0.05, 0.1) is 6.26 Å². The van der Waals surface area contributed by atoms with Gasteiger partial charge in [-0.25, -0.2) is 0 Å². The van der Waals surface area contributed by atoms with Crippen LogP contribution in [0.15, 0.2) is 21.6 Å². The van der Waals surface area contributed by atoms with Crippen molar-refractivity contribution in [2.75, 3.05) is 0 Å². The summed E-state index contributed by atoms with van der Waals surface area (Å²) in [5, 5.41) is 0.433. The predicted octanol–water partition coefficient (Wildman–Crippen LogP) is 3.44. The number of hydrogen-bond donors (Lipinski definition) is 0. The summed E-state index contributed by atoms with van der Waals surface area (Å²) in [6.07, 6.45) is 4.24. The SMILES string of the molecule is Cc1occc1SC1CC(=O)CCC1C. The van der Waals surface area contributed by atoms with Crippen LogP contribution in [0.5, 0.6) is 0 Å². The Labute approximate surface area is 94.4 Å². The molecule has 1 fully saturated rings. The highest BCUT2D eigenvalue weighted by molar-refractivity contribution is 8.00. The molecule has 2 atom stereocenters. The Balaban J connectivity index is 2.04. The molecule has 3 heteroatoms. The fraction of sp³-hybridized carbons (Fsp3) is 0.583. The lowest BCUT2D eigenvalue weighted by Crippen LogP contribution is -2.25. The summed E-state index contributed by atoms with van der Waals surface area (Å²) < 4.78 is 5.26. The van der Waals surface area contributed by atoms with Crippen LogP contribution in [0.1, 0.15) is 31.9 Å². The number of furan rings is 1. The first-order chi connectivity index (χ1) is 7.16. The average molecular weight is 224 g/mol. The summed E-state index contributed by atoms with van der Waals surface area (Å²) in [6, 6.07) is 1.99. The maximum absolute atomic E-state index is 11.4. The van der Waals surface area contributed by atoms with Gasteiger partial charge in [0.1, 0.15) is 11.5 Å². The maximum atomic E-state index is 11.4. The summed E-state index contributed by atoms with van der Waals surface area (Å²) in [4.78, 5) is 12.6. The fourth-order valence-corrected chi connectivity index (χ4v) is 3.23. The number of aryl methyl sites for hydroxylation is 1. The maximum Gasteiger partial charge on any atom is 0.134 e. The van der Waals surface area contributed by atoms with Gasteiger partial charge in [-0.2, -0.15) is 0 Å². The van der Waals surface area contributed by atoms with Crippen LogP contribution in [0.25, 0.3) is 0 Å². The van der Waals surface area contributed by atoms with E-state index in [2.05, 4.69) is 6.92 Å². The van der Waals surface area contributed by atoms with E-state index in [1.165, 1.54) is 4.90 Å². The Hall–Kier alpha value is -0.700. The van der Waals surface area contributed by atoms with E-state index in [0.29, 0.717) is 17.0 Å². The number of ketones is 1. The predicted molar refractivity (Wildman–Crippen MR) is 61.1 cm³/mol. The molecular weight excluding hydrogens is 208 g/mol. The molecule has 1 aromatic heterocycles. The normalized spacial score (nSPS) is 26.9. The van der Waals surface area contributed by atoms with E-state index in [0.717, 1.165) is 25.0 Å². The second kappa shape index (κ2) is 4.44. The van der Waals surface area contributed by atoms with Crippen LogP contribution in [-0.2, 0) is 4.79 Å². The minimum Gasteiger partial charge on any atom is -0.468 e. The third kappa shape index (κ3) is 2.46. The van der Waals surface area contributed by atoms with Crippen LogP contribution in [0.2, 0.25) is 0 Å². The molecule has 0 radical (unpaired) electrons. The first-order valence-corrected chi connectivity index (χ1v) is 6.27. The van der Waals surface area contributed by atoms with E-state index in [9.17, 15) is 4.79 Å². The van der Waals surface area contributed by atoms with E-state index in [-0.39, 0.29) is 0 Å². The zero-order chi connectivity index (χ0) is 10.8. The highest BCUT2D eigenvalue weighted by Gasteiger charge is 2.27. The summed E-state index contributed by atoms with van der Waals surface area (Å²) in [6.45, 7) is 4.21. The fourth-order valence-electron chi connectivity index (χ4n) is 1.92. The molecule has 2 rings (SSSR count). The lowest BCUT2D eigenvalue weighted by atomic mass is 9.89. The highest BCUT2D eigenvalue weighted by Crippen LogP contribution is 2.37. The smallest absolute Gasteiger partial charge is 0.134 e. The summed E-state index contributed by atoms with van der Waals surface area (Å²) in [7, 11) is 0. The van der Waals surface area contributed by atoms with Crippen LogP contribution in [0, 0.1) is 12.8 Å². The van der Waals surface area contributed by atoms with E-state index in [4.69, 9.17) is 4.42 Å². The summed E-state index contributed by atoms with van der Waals surface area (Å²) in [5.41, 5.74) is 0. The Morgan fingerprint density at radius 2 is 2.33 bits per heavy atom. The van der Waals surface area contributed by atoms with Gasteiger partial charge in [-0.1, -0.05) is 6.92 Å². The Kier molecular flexibility index (Phi) is 3.19. The van der Waals surface area contributed by atoms with Gasteiger partial charge in [0.15, 0.2) is 0 Å². The number of carbonyl (C=O) groups is 1.